The summed E-state index contributed by atoms with van der Waals surface area (Å²) in [6.45, 7) is 7.87. The molecule has 0 aromatic carbocycles. The van der Waals surface area contributed by atoms with Crippen LogP contribution in [0.3, 0.4) is 0 Å². The summed E-state index contributed by atoms with van der Waals surface area (Å²) in [5.74, 6) is 1.69. The topological polar surface area (TPSA) is 44.4 Å². The van der Waals surface area contributed by atoms with Crippen LogP contribution in [-0.2, 0) is 4.74 Å². The molecular formula is C19H34N4O. The van der Waals surface area contributed by atoms with Crippen molar-refractivity contribution in [2.75, 3.05) is 39.8 Å². The van der Waals surface area contributed by atoms with E-state index in [-0.39, 0.29) is 0 Å². The molecule has 2 heterocycles. The van der Waals surface area contributed by atoms with Crippen LogP contribution in [0.1, 0.15) is 57.2 Å². The maximum absolute atomic E-state index is 6.16. The Labute approximate surface area is 146 Å². The van der Waals surface area contributed by atoms with Crippen LogP contribution in [0.4, 0.5) is 0 Å². The molecule has 0 spiro atoms. The van der Waals surface area contributed by atoms with Gasteiger partial charge in [0.05, 0.1) is 6.10 Å². The SMILES string of the molecule is CCCCOC1CCC(c2ncc[nH]2)C(N2CCN(C)CC2)CC1. The molecule has 0 amide bonds. The van der Waals surface area contributed by atoms with Gasteiger partial charge in [0.25, 0.3) is 0 Å². The van der Waals surface area contributed by atoms with Crippen LogP contribution in [0.25, 0.3) is 0 Å². The first-order chi connectivity index (χ1) is 11.8. The summed E-state index contributed by atoms with van der Waals surface area (Å²) in [5.41, 5.74) is 0. The molecule has 1 saturated heterocycles. The van der Waals surface area contributed by atoms with Crippen molar-refractivity contribution in [1.82, 2.24) is 19.8 Å². The predicted octanol–water partition coefficient (Wildman–Crippen LogP) is 2.87. The Hall–Kier alpha value is -0.910. The highest BCUT2D eigenvalue weighted by molar-refractivity contribution is 5.05. The minimum Gasteiger partial charge on any atom is -0.378 e. The number of aromatic nitrogens is 2. The summed E-state index contributed by atoms with van der Waals surface area (Å²) < 4.78 is 6.16. The lowest BCUT2D eigenvalue weighted by Crippen LogP contribution is -2.50. The molecule has 1 N–H and O–H groups in total. The van der Waals surface area contributed by atoms with Crippen molar-refractivity contribution >= 4 is 0 Å². The number of rotatable bonds is 6. The summed E-state index contributed by atoms with van der Waals surface area (Å²) in [5, 5.41) is 0. The second-order valence-electron chi connectivity index (χ2n) is 7.49. The highest BCUT2D eigenvalue weighted by Crippen LogP contribution is 2.35. The van der Waals surface area contributed by atoms with E-state index in [0.29, 0.717) is 18.1 Å². The van der Waals surface area contributed by atoms with Crippen molar-refractivity contribution in [3.63, 3.8) is 0 Å². The first-order valence-corrected chi connectivity index (χ1v) is 9.81. The van der Waals surface area contributed by atoms with Gasteiger partial charge in [0.1, 0.15) is 5.82 Å². The van der Waals surface area contributed by atoms with Gasteiger partial charge in [-0.25, -0.2) is 4.98 Å². The van der Waals surface area contributed by atoms with Crippen LogP contribution in [0.2, 0.25) is 0 Å². The highest BCUT2D eigenvalue weighted by atomic mass is 16.5. The maximum atomic E-state index is 6.16. The van der Waals surface area contributed by atoms with Gasteiger partial charge in [-0.3, -0.25) is 4.90 Å². The van der Waals surface area contributed by atoms with Gasteiger partial charge in [-0.1, -0.05) is 13.3 Å². The molecule has 1 aromatic rings. The van der Waals surface area contributed by atoms with Crippen molar-refractivity contribution in [3.8, 4) is 0 Å². The van der Waals surface area contributed by atoms with Crippen molar-refractivity contribution in [2.24, 2.45) is 0 Å². The molecule has 0 radical (unpaired) electrons. The molecule has 1 aliphatic heterocycles. The Balaban J connectivity index is 1.66. The zero-order valence-corrected chi connectivity index (χ0v) is 15.4. The maximum Gasteiger partial charge on any atom is 0.110 e. The Morgan fingerprint density at radius 1 is 1.17 bits per heavy atom. The predicted molar refractivity (Wildman–Crippen MR) is 97.3 cm³/mol. The molecule has 2 aliphatic rings. The van der Waals surface area contributed by atoms with Gasteiger partial charge < -0.3 is 14.6 Å². The van der Waals surface area contributed by atoms with E-state index in [1.807, 2.05) is 12.4 Å². The highest BCUT2D eigenvalue weighted by Gasteiger charge is 2.35. The zero-order chi connectivity index (χ0) is 16.8. The number of aromatic amines is 1. The average Bonchev–Trinajstić information content (AvgIpc) is 3.04. The molecule has 3 atom stereocenters. The van der Waals surface area contributed by atoms with Crippen molar-refractivity contribution in [1.29, 1.82) is 0 Å². The fraction of sp³-hybridized carbons (Fsp3) is 0.842. The number of ether oxygens (including phenoxy) is 1. The normalized spacial score (nSPS) is 30.3. The largest absolute Gasteiger partial charge is 0.378 e. The molecular weight excluding hydrogens is 300 g/mol. The molecule has 1 saturated carbocycles. The van der Waals surface area contributed by atoms with Gasteiger partial charge >= 0.3 is 0 Å². The van der Waals surface area contributed by atoms with Gasteiger partial charge in [-0.15, -0.1) is 0 Å². The fourth-order valence-electron chi connectivity index (χ4n) is 4.21. The monoisotopic (exact) mass is 334 g/mol. The van der Waals surface area contributed by atoms with E-state index in [1.165, 1.54) is 70.5 Å². The van der Waals surface area contributed by atoms with E-state index in [1.54, 1.807) is 0 Å². The number of nitrogens with zero attached hydrogens (tertiary/aromatic N) is 3. The molecule has 136 valence electrons. The molecule has 2 fully saturated rings. The lowest BCUT2D eigenvalue weighted by Gasteiger charge is -2.40. The van der Waals surface area contributed by atoms with Crippen molar-refractivity contribution in [3.05, 3.63) is 18.2 Å². The number of likely N-dealkylation sites (N-methyl/N-ethyl adjacent to an activating group) is 1. The van der Waals surface area contributed by atoms with Crippen LogP contribution in [0, 0.1) is 0 Å². The van der Waals surface area contributed by atoms with Crippen LogP contribution >= 0.6 is 0 Å². The number of hydrogen-bond acceptors (Lipinski definition) is 4. The molecule has 3 unspecified atom stereocenters. The Kier molecular flexibility index (Phi) is 6.69. The quantitative estimate of drug-likeness (QED) is 0.642. The van der Waals surface area contributed by atoms with Gasteiger partial charge in [-0.2, -0.15) is 0 Å². The molecule has 1 aromatic heterocycles. The Morgan fingerprint density at radius 3 is 2.67 bits per heavy atom. The van der Waals surface area contributed by atoms with Gasteiger partial charge in [-0.05, 0) is 39.2 Å². The van der Waals surface area contributed by atoms with E-state index in [4.69, 9.17) is 4.74 Å². The molecule has 0 bridgehead atoms. The lowest BCUT2D eigenvalue weighted by atomic mass is 9.92. The zero-order valence-electron chi connectivity index (χ0n) is 15.4. The van der Waals surface area contributed by atoms with E-state index in [9.17, 15) is 0 Å². The molecule has 5 nitrogen and oxygen atoms in total. The minimum absolute atomic E-state index is 0.437. The van der Waals surface area contributed by atoms with Crippen molar-refractivity contribution in [2.45, 2.75) is 63.5 Å². The van der Waals surface area contributed by atoms with Gasteiger partial charge in [0, 0.05) is 57.1 Å². The standard InChI is InChI=1S/C19H34N4O/c1-3-4-15-24-16-5-7-17(19-20-9-10-21-19)18(8-6-16)23-13-11-22(2)12-14-23/h9-10,16-18H,3-8,11-15H2,1-2H3,(H,20,21). The third-order valence-corrected chi connectivity index (χ3v) is 5.78. The van der Waals surface area contributed by atoms with E-state index in [0.717, 1.165) is 6.61 Å². The lowest BCUT2D eigenvalue weighted by molar-refractivity contribution is 0.0384. The smallest absolute Gasteiger partial charge is 0.110 e. The van der Waals surface area contributed by atoms with E-state index in [2.05, 4.69) is 33.7 Å². The van der Waals surface area contributed by atoms with Crippen LogP contribution in [0.15, 0.2) is 12.4 Å². The fourth-order valence-corrected chi connectivity index (χ4v) is 4.21. The average molecular weight is 335 g/mol. The van der Waals surface area contributed by atoms with Crippen molar-refractivity contribution < 1.29 is 4.74 Å². The number of H-pyrrole nitrogens is 1. The number of nitrogens with one attached hydrogen (secondary N) is 1. The van der Waals surface area contributed by atoms with Crippen LogP contribution < -0.4 is 0 Å². The molecule has 1 aliphatic carbocycles. The first kappa shape index (κ1) is 17.9. The Bertz CT molecular complexity index is 456. The summed E-state index contributed by atoms with van der Waals surface area (Å²) in [4.78, 5) is 13.1. The third-order valence-electron chi connectivity index (χ3n) is 5.78. The van der Waals surface area contributed by atoms with E-state index >= 15 is 0 Å². The number of hydrogen-bond donors (Lipinski definition) is 1. The summed E-state index contributed by atoms with van der Waals surface area (Å²) in [6.07, 6.45) is 11.5. The van der Waals surface area contributed by atoms with Gasteiger partial charge in [0.2, 0.25) is 0 Å². The molecule has 5 heteroatoms. The minimum atomic E-state index is 0.437. The second kappa shape index (κ2) is 8.97. The number of piperazine rings is 1. The molecule has 24 heavy (non-hydrogen) atoms. The van der Waals surface area contributed by atoms with Crippen LogP contribution in [0.5, 0.6) is 0 Å². The summed E-state index contributed by atoms with van der Waals surface area (Å²) >= 11 is 0. The van der Waals surface area contributed by atoms with Crippen LogP contribution in [-0.4, -0.2) is 71.7 Å². The molecule has 3 rings (SSSR count). The summed E-state index contributed by atoms with van der Waals surface area (Å²) in [6, 6.07) is 0.602. The van der Waals surface area contributed by atoms with Gasteiger partial charge in [0.15, 0.2) is 0 Å². The summed E-state index contributed by atoms with van der Waals surface area (Å²) in [7, 11) is 2.23. The number of imidazole rings is 1. The Morgan fingerprint density at radius 2 is 1.96 bits per heavy atom. The number of unbranched alkanes of at least 4 members (excludes halogenated alkanes) is 1. The second-order valence-corrected chi connectivity index (χ2v) is 7.49. The van der Waals surface area contributed by atoms with E-state index < -0.39 is 0 Å². The third kappa shape index (κ3) is 4.58. The first-order valence-electron chi connectivity index (χ1n) is 9.81.